The lowest BCUT2D eigenvalue weighted by Crippen LogP contribution is -2.13. The first-order valence-electron chi connectivity index (χ1n) is 6.68. The molecule has 1 aromatic heterocycles. The average molecular weight is 296 g/mol. The van der Waals surface area contributed by atoms with Crippen molar-refractivity contribution in [3.63, 3.8) is 0 Å². The molecule has 0 aliphatic heterocycles. The monoisotopic (exact) mass is 296 g/mol. The van der Waals surface area contributed by atoms with Gasteiger partial charge in [0.1, 0.15) is 17.1 Å². The maximum Gasteiger partial charge on any atom is 0.256 e. The molecular formula is C17H13FN2O2. The third-order valence-electron chi connectivity index (χ3n) is 3.32. The Kier molecular flexibility index (Phi) is 3.70. The molecule has 3 rings (SSSR count). The van der Waals surface area contributed by atoms with E-state index in [2.05, 4.69) is 10.3 Å². The number of nitrogens with one attached hydrogen (secondary N) is 1. The maximum absolute atomic E-state index is 13.7. The van der Waals surface area contributed by atoms with Gasteiger partial charge in [0.25, 0.3) is 5.91 Å². The summed E-state index contributed by atoms with van der Waals surface area (Å²) in [4.78, 5) is 16.7. The van der Waals surface area contributed by atoms with Crippen molar-refractivity contribution < 1.29 is 13.9 Å². The molecule has 1 N–H and O–H groups in total. The Hall–Kier alpha value is -2.95. The number of amides is 1. The van der Waals surface area contributed by atoms with E-state index in [0.29, 0.717) is 22.2 Å². The minimum absolute atomic E-state index is 0.139. The Labute approximate surface area is 126 Å². The van der Waals surface area contributed by atoms with Gasteiger partial charge in [0.15, 0.2) is 0 Å². The molecule has 0 fully saturated rings. The van der Waals surface area contributed by atoms with Gasteiger partial charge in [-0.05, 0) is 30.3 Å². The van der Waals surface area contributed by atoms with Gasteiger partial charge >= 0.3 is 0 Å². The number of anilines is 1. The van der Waals surface area contributed by atoms with Gasteiger partial charge in [0, 0.05) is 17.1 Å². The van der Waals surface area contributed by atoms with Crippen LogP contribution >= 0.6 is 0 Å². The summed E-state index contributed by atoms with van der Waals surface area (Å²) in [5, 5.41) is 3.22. The predicted molar refractivity (Wildman–Crippen MR) is 82.6 cm³/mol. The number of benzene rings is 2. The fraction of sp³-hybridized carbons (Fsp3) is 0.0588. The SMILES string of the molecule is COc1ccc(C(=O)Nc2ccccc2F)c2cccnc12. The third-order valence-corrected chi connectivity index (χ3v) is 3.32. The fourth-order valence-corrected chi connectivity index (χ4v) is 2.26. The molecule has 3 aromatic rings. The number of methoxy groups -OCH3 is 1. The molecule has 0 bridgehead atoms. The van der Waals surface area contributed by atoms with E-state index in [-0.39, 0.29) is 5.69 Å². The standard InChI is InChI=1S/C17H13FN2O2/c1-22-15-9-8-12(11-5-4-10-19-16(11)15)17(21)20-14-7-3-2-6-13(14)18/h2-10H,1H3,(H,20,21). The second-order valence-corrected chi connectivity index (χ2v) is 4.65. The molecule has 0 saturated heterocycles. The van der Waals surface area contributed by atoms with Crippen LogP contribution in [0.15, 0.2) is 54.7 Å². The molecule has 5 heteroatoms. The van der Waals surface area contributed by atoms with Crippen LogP contribution in [-0.2, 0) is 0 Å². The zero-order chi connectivity index (χ0) is 15.5. The van der Waals surface area contributed by atoms with Crippen LogP contribution in [0.25, 0.3) is 10.9 Å². The number of halogens is 1. The number of hydrogen-bond donors (Lipinski definition) is 1. The molecule has 0 radical (unpaired) electrons. The van der Waals surface area contributed by atoms with Crippen LogP contribution in [0.5, 0.6) is 5.75 Å². The lowest BCUT2D eigenvalue weighted by molar-refractivity contribution is 0.102. The van der Waals surface area contributed by atoms with Crippen molar-refractivity contribution in [2.24, 2.45) is 0 Å². The largest absolute Gasteiger partial charge is 0.494 e. The van der Waals surface area contributed by atoms with Crippen LogP contribution in [0.3, 0.4) is 0 Å². The van der Waals surface area contributed by atoms with Crippen LogP contribution in [0.4, 0.5) is 10.1 Å². The topological polar surface area (TPSA) is 51.2 Å². The van der Waals surface area contributed by atoms with E-state index in [1.807, 2.05) is 0 Å². The molecule has 1 heterocycles. The number of fused-ring (bicyclic) bond motifs is 1. The first-order valence-corrected chi connectivity index (χ1v) is 6.68. The van der Waals surface area contributed by atoms with E-state index in [1.165, 1.54) is 12.1 Å². The van der Waals surface area contributed by atoms with Crippen LogP contribution in [0.1, 0.15) is 10.4 Å². The highest BCUT2D eigenvalue weighted by atomic mass is 19.1. The number of ether oxygens (including phenoxy) is 1. The number of rotatable bonds is 3. The molecule has 0 aliphatic carbocycles. The smallest absolute Gasteiger partial charge is 0.256 e. The Balaban J connectivity index is 2.03. The number of hydrogen-bond acceptors (Lipinski definition) is 3. The van der Waals surface area contributed by atoms with E-state index in [9.17, 15) is 9.18 Å². The summed E-state index contributed by atoms with van der Waals surface area (Å²) in [5.41, 5.74) is 1.14. The highest BCUT2D eigenvalue weighted by Gasteiger charge is 2.14. The minimum Gasteiger partial charge on any atom is -0.494 e. The normalized spacial score (nSPS) is 10.5. The van der Waals surface area contributed by atoms with E-state index < -0.39 is 11.7 Å². The number of carbonyl (C=O) groups excluding carboxylic acids is 1. The fourth-order valence-electron chi connectivity index (χ4n) is 2.26. The van der Waals surface area contributed by atoms with E-state index >= 15 is 0 Å². The molecule has 0 unspecified atom stereocenters. The highest BCUT2D eigenvalue weighted by molar-refractivity contribution is 6.13. The van der Waals surface area contributed by atoms with Gasteiger partial charge in [0.05, 0.1) is 12.8 Å². The van der Waals surface area contributed by atoms with Crippen molar-refractivity contribution in [1.82, 2.24) is 4.98 Å². The summed E-state index contributed by atoms with van der Waals surface area (Å²) in [7, 11) is 1.54. The lowest BCUT2D eigenvalue weighted by atomic mass is 10.1. The maximum atomic E-state index is 13.7. The average Bonchev–Trinajstić information content (AvgIpc) is 2.56. The zero-order valence-electron chi connectivity index (χ0n) is 11.8. The molecule has 0 aliphatic rings. The molecule has 0 saturated carbocycles. The van der Waals surface area contributed by atoms with Crippen molar-refractivity contribution in [3.05, 3.63) is 66.1 Å². The number of pyridine rings is 1. The Morgan fingerprint density at radius 2 is 1.95 bits per heavy atom. The lowest BCUT2D eigenvalue weighted by Gasteiger charge is -2.10. The summed E-state index contributed by atoms with van der Waals surface area (Å²) >= 11 is 0. The summed E-state index contributed by atoms with van der Waals surface area (Å²) < 4.78 is 18.9. The Morgan fingerprint density at radius 1 is 1.14 bits per heavy atom. The van der Waals surface area contributed by atoms with E-state index in [4.69, 9.17) is 4.74 Å². The molecular weight excluding hydrogens is 283 g/mol. The third kappa shape index (κ3) is 2.48. The van der Waals surface area contributed by atoms with Crippen molar-refractivity contribution in [2.45, 2.75) is 0 Å². The number of nitrogens with zero attached hydrogens (tertiary/aromatic N) is 1. The Bertz CT molecular complexity index is 849. The van der Waals surface area contributed by atoms with Crippen molar-refractivity contribution in [1.29, 1.82) is 0 Å². The van der Waals surface area contributed by atoms with Crippen LogP contribution in [-0.4, -0.2) is 18.0 Å². The van der Waals surface area contributed by atoms with Crippen LogP contribution in [0.2, 0.25) is 0 Å². The van der Waals surface area contributed by atoms with Crippen LogP contribution in [0, 0.1) is 5.82 Å². The van der Waals surface area contributed by atoms with E-state index in [0.717, 1.165) is 0 Å². The molecule has 110 valence electrons. The molecule has 4 nitrogen and oxygen atoms in total. The van der Waals surface area contributed by atoms with E-state index in [1.54, 1.807) is 49.7 Å². The highest BCUT2D eigenvalue weighted by Crippen LogP contribution is 2.27. The molecule has 1 amide bonds. The van der Waals surface area contributed by atoms with Gasteiger partial charge in [0.2, 0.25) is 0 Å². The molecule has 0 atom stereocenters. The predicted octanol–water partition coefficient (Wildman–Crippen LogP) is 3.63. The van der Waals surface area contributed by atoms with Gasteiger partial charge in [-0.3, -0.25) is 9.78 Å². The number of carbonyl (C=O) groups is 1. The number of para-hydroxylation sites is 1. The van der Waals surface area contributed by atoms with Crippen molar-refractivity contribution in [3.8, 4) is 5.75 Å². The zero-order valence-corrected chi connectivity index (χ0v) is 11.8. The van der Waals surface area contributed by atoms with Crippen molar-refractivity contribution in [2.75, 3.05) is 12.4 Å². The van der Waals surface area contributed by atoms with Crippen molar-refractivity contribution >= 4 is 22.5 Å². The number of aromatic nitrogens is 1. The van der Waals surface area contributed by atoms with Gasteiger partial charge < -0.3 is 10.1 Å². The Morgan fingerprint density at radius 3 is 2.73 bits per heavy atom. The van der Waals surface area contributed by atoms with Gasteiger partial charge in [-0.2, -0.15) is 0 Å². The van der Waals surface area contributed by atoms with Gasteiger partial charge in [-0.15, -0.1) is 0 Å². The second-order valence-electron chi connectivity index (χ2n) is 4.65. The minimum atomic E-state index is -0.480. The summed E-state index contributed by atoms with van der Waals surface area (Å²) in [6.07, 6.45) is 1.63. The molecule has 22 heavy (non-hydrogen) atoms. The second kappa shape index (κ2) is 5.81. The quantitative estimate of drug-likeness (QED) is 0.803. The first-order chi connectivity index (χ1) is 10.7. The van der Waals surface area contributed by atoms with Gasteiger partial charge in [-0.25, -0.2) is 4.39 Å². The summed E-state index contributed by atoms with van der Waals surface area (Å²) in [5.74, 6) is -0.296. The van der Waals surface area contributed by atoms with Gasteiger partial charge in [-0.1, -0.05) is 18.2 Å². The summed E-state index contributed by atoms with van der Waals surface area (Å²) in [6.45, 7) is 0. The first kappa shape index (κ1) is 14.0. The molecule has 0 spiro atoms. The molecule has 2 aromatic carbocycles. The summed E-state index contributed by atoms with van der Waals surface area (Å²) in [6, 6.07) is 12.9. The van der Waals surface area contributed by atoms with Crippen LogP contribution < -0.4 is 10.1 Å².